The quantitative estimate of drug-likeness (QED) is 0.436. The van der Waals surface area contributed by atoms with Gasteiger partial charge in [-0.15, -0.1) is 11.3 Å². The highest BCUT2D eigenvalue weighted by molar-refractivity contribution is 7.14. The summed E-state index contributed by atoms with van der Waals surface area (Å²) in [7, 11) is 0. The predicted molar refractivity (Wildman–Crippen MR) is 129 cm³/mol. The van der Waals surface area contributed by atoms with E-state index in [0.29, 0.717) is 46.2 Å². The van der Waals surface area contributed by atoms with E-state index in [-0.39, 0.29) is 17.9 Å². The van der Waals surface area contributed by atoms with Crippen LogP contribution in [0.2, 0.25) is 0 Å². The van der Waals surface area contributed by atoms with E-state index in [2.05, 4.69) is 32.1 Å². The number of nitrogens with one attached hydrogen (secondary N) is 1. The summed E-state index contributed by atoms with van der Waals surface area (Å²) in [5, 5.41) is 8.97. The molecule has 0 aliphatic carbocycles. The number of aromatic nitrogens is 5. The summed E-state index contributed by atoms with van der Waals surface area (Å²) in [5.41, 5.74) is 10.4. The molecule has 4 heterocycles. The van der Waals surface area contributed by atoms with Crippen LogP contribution in [0, 0.1) is 11.8 Å². The molecule has 1 aliphatic heterocycles. The van der Waals surface area contributed by atoms with E-state index in [1.165, 1.54) is 17.7 Å². The van der Waals surface area contributed by atoms with Crippen LogP contribution < -0.4 is 11.1 Å². The number of rotatable bonds is 4. The Morgan fingerprint density at radius 2 is 2.06 bits per heavy atom. The van der Waals surface area contributed by atoms with Crippen LogP contribution in [0.3, 0.4) is 0 Å². The van der Waals surface area contributed by atoms with Gasteiger partial charge < -0.3 is 16.0 Å². The van der Waals surface area contributed by atoms with Crippen LogP contribution in [-0.4, -0.2) is 54.5 Å². The Labute approximate surface area is 198 Å². The molecule has 10 nitrogen and oxygen atoms in total. The molecule has 1 unspecified atom stereocenters. The van der Waals surface area contributed by atoms with E-state index < -0.39 is 0 Å². The first-order valence-corrected chi connectivity index (χ1v) is 11.4. The van der Waals surface area contributed by atoms with Crippen molar-refractivity contribution < 1.29 is 9.59 Å². The number of carbonyl (C=O) groups is 2. The third-order valence-corrected chi connectivity index (χ3v) is 6.32. The second-order valence-electron chi connectivity index (χ2n) is 7.72. The molecule has 1 atom stereocenters. The molecule has 170 valence electrons. The van der Waals surface area contributed by atoms with Gasteiger partial charge in [0, 0.05) is 24.2 Å². The van der Waals surface area contributed by atoms with Crippen LogP contribution in [-0.2, 0) is 4.79 Å². The number of nitrogens with two attached hydrogens (primary N) is 1. The maximum atomic E-state index is 12.5. The zero-order valence-electron chi connectivity index (χ0n) is 18.2. The summed E-state index contributed by atoms with van der Waals surface area (Å²) in [5.74, 6) is 5.15. The molecule has 1 aromatic carbocycles. The van der Waals surface area contributed by atoms with Gasteiger partial charge in [-0.25, -0.2) is 14.6 Å². The van der Waals surface area contributed by atoms with E-state index in [4.69, 9.17) is 10.8 Å². The molecule has 0 bridgehead atoms. The lowest BCUT2D eigenvalue weighted by Gasteiger charge is -2.14. The number of benzene rings is 1. The highest BCUT2D eigenvalue weighted by atomic mass is 32.1. The van der Waals surface area contributed by atoms with Crippen LogP contribution in [0.5, 0.6) is 0 Å². The van der Waals surface area contributed by atoms with Gasteiger partial charge >= 0.3 is 0 Å². The number of thiazole rings is 1. The van der Waals surface area contributed by atoms with Gasteiger partial charge in [0.2, 0.25) is 0 Å². The third-order valence-electron chi connectivity index (χ3n) is 5.64. The number of amides is 2. The highest BCUT2D eigenvalue weighted by Crippen LogP contribution is 2.34. The van der Waals surface area contributed by atoms with E-state index in [9.17, 15) is 9.59 Å². The fourth-order valence-corrected chi connectivity index (χ4v) is 4.51. The second kappa shape index (κ2) is 8.92. The summed E-state index contributed by atoms with van der Waals surface area (Å²) in [6.45, 7) is 2.73. The minimum atomic E-state index is -0.222. The largest absolute Gasteiger partial charge is 0.383 e. The highest BCUT2D eigenvalue weighted by Gasteiger charge is 2.30. The minimum Gasteiger partial charge on any atom is -0.383 e. The fraction of sp³-hybridized carbons (Fsp3) is 0.217. The number of nitrogen functional groups attached to an aromatic ring is 1. The average molecular weight is 473 g/mol. The first kappa shape index (κ1) is 21.5. The summed E-state index contributed by atoms with van der Waals surface area (Å²) in [6.07, 6.45) is 3.74. The third kappa shape index (κ3) is 3.95. The van der Waals surface area contributed by atoms with E-state index in [1.807, 2.05) is 16.8 Å². The van der Waals surface area contributed by atoms with Crippen LogP contribution in [0.1, 0.15) is 29.7 Å². The Balaban J connectivity index is 1.47. The Morgan fingerprint density at radius 3 is 2.79 bits per heavy atom. The number of hydrogen-bond acceptors (Lipinski definition) is 8. The van der Waals surface area contributed by atoms with Crippen molar-refractivity contribution in [2.24, 2.45) is 0 Å². The van der Waals surface area contributed by atoms with Crippen molar-refractivity contribution >= 4 is 45.0 Å². The molecular weight excluding hydrogens is 452 g/mol. The number of likely N-dealkylation sites (tertiary alicyclic amines) is 1. The van der Waals surface area contributed by atoms with Crippen molar-refractivity contribution in [1.82, 2.24) is 29.6 Å². The smallest absolute Gasteiger partial charge is 0.298 e. The van der Waals surface area contributed by atoms with Gasteiger partial charge in [0.1, 0.15) is 22.8 Å². The molecule has 34 heavy (non-hydrogen) atoms. The molecule has 0 saturated carbocycles. The molecule has 3 aromatic heterocycles. The summed E-state index contributed by atoms with van der Waals surface area (Å²) < 4.78 is 1.82. The van der Waals surface area contributed by atoms with E-state index in [0.717, 1.165) is 12.0 Å². The molecule has 11 heteroatoms. The van der Waals surface area contributed by atoms with E-state index >= 15 is 0 Å². The lowest BCUT2D eigenvalue weighted by molar-refractivity contribution is -0.124. The zero-order chi connectivity index (χ0) is 23.7. The van der Waals surface area contributed by atoms with Crippen molar-refractivity contribution in [2.45, 2.75) is 19.4 Å². The standard InChI is InChI=1S/C23H20N8O2S/c1-2-3-18(32)30-9-8-16(11-30)31-22-19(21(24)26-12-27-22)20(29-31)14-4-6-15(7-5-14)23(33)28-17-10-25-13-34-17/h4-7,10,12-13,16H,8-9,11H2,1H3,(H,28,33)(H2,24,26,27). The lowest BCUT2D eigenvalue weighted by atomic mass is 10.1. The van der Waals surface area contributed by atoms with Gasteiger partial charge in [0.05, 0.1) is 23.1 Å². The Kier molecular flexibility index (Phi) is 5.65. The van der Waals surface area contributed by atoms with Gasteiger partial charge in [-0.3, -0.25) is 14.6 Å². The molecular formula is C23H20N8O2S. The van der Waals surface area contributed by atoms with Gasteiger partial charge in [0.25, 0.3) is 11.8 Å². The number of nitrogens with zero attached hydrogens (tertiary/aromatic N) is 6. The topological polar surface area (TPSA) is 132 Å². The van der Waals surface area contributed by atoms with Crippen LogP contribution in [0.25, 0.3) is 22.3 Å². The molecule has 0 spiro atoms. The molecule has 2 amide bonds. The molecule has 1 aliphatic rings. The van der Waals surface area contributed by atoms with Gasteiger partial charge in [-0.1, -0.05) is 18.1 Å². The van der Waals surface area contributed by atoms with Gasteiger partial charge in [0.15, 0.2) is 5.65 Å². The molecule has 0 radical (unpaired) electrons. The SMILES string of the molecule is CC#CC(=O)N1CCC(n2nc(-c3ccc(C(=O)Nc4cncs4)cc3)c3c(N)ncnc32)C1. The van der Waals surface area contributed by atoms with Crippen LogP contribution >= 0.6 is 11.3 Å². The molecule has 5 rings (SSSR count). The Bertz CT molecular complexity index is 1430. The predicted octanol–water partition coefficient (Wildman–Crippen LogP) is 2.58. The maximum absolute atomic E-state index is 12.5. The summed E-state index contributed by atoms with van der Waals surface area (Å²) >= 11 is 1.35. The average Bonchev–Trinajstić information content (AvgIpc) is 3.59. The lowest BCUT2D eigenvalue weighted by Crippen LogP contribution is -2.28. The number of anilines is 2. The number of hydrogen-bond donors (Lipinski definition) is 2. The Hall–Kier alpha value is -4.30. The summed E-state index contributed by atoms with van der Waals surface area (Å²) in [4.78, 5) is 39.0. The summed E-state index contributed by atoms with van der Waals surface area (Å²) in [6, 6.07) is 7.05. The van der Waals surface area contributed by atoms with Crippen LogP contribution in [0.4, 0.5) is 10.8 Å². The zero-order valence-corrected chi connectivity index (χ0v) is 19.0. The minimum absolute atomic E-state index is 0.0578. The normalized spacial score (nSPS) is 15.2. The van der Waals surface area contributed by atoms with Gasteiger partial charge in [-0.05, 0) is 31.4 Å². The second-order valence-corrected chi connectivity index (χ2v) is 8.60. The molecule has 1 saturated heterocycles. The van der Waals surface area contributed by atoms with Crippen LogP contribution in [0.15, 0.2) is 42.3 Å². The van der Waals surface area contributed by atoms with Gasteiger partial charge in [-0.2, -0.15) is 5.10 Å². The van der Waals surface area contributed by atoms with Crippen molar-refractivity contribution in [3.63, 3.8) is 0 Å². The first-order chi connectivity index (χ1) is 16.5. The molecule has 4 aromatic rings. The monoisotopic (exact) mass is 472 g/mol. The number of carbonyl (C=O) groups excluding carboxylic acids is 2. The van der Waals surface area contributed by atoms with Crippen molar-refractivity contribution in [3.8, 4) is 23.1 Å². The molecule has 3 N–H and O–H groups in total. The van der Waals surface area contributed by atoms with Crippen molar-refractivity contribution in [2.75, 3.05) is 24.1 Å². The maximum Gasteiger partial charge on any atom is 0.298 e. The van der Waals surface area contributed by atoms with Crippen molar-refractivity contribution in [1.29, 1.82) is 0 Å². The fourth-order valence-electron chi connectivity index (χ4n) is 4.01. The first-order valence-electron chi connectivity index (χ1n) is 10.6. The van der Waals surface area contributed by atoms with Crippen molar-refractivity contribution in [3.05, 3.63) is 47.9 Å². The van der Waals surface area contributed by atoms with E-state index in [1.54, 1.807) is 35.7 Å². The molecule has 1 fully saturated rings. The number of fused-ring (bicyclic) bond motifs is 1. The Morgan fingerprint density at radius 1 is 1.24 bits per heavy atom.